The Kier molecular flexibility index (Phi) is 4.65. The summed E-state index contributed by atoms with van der Waals surface area (Å²) in [6, 6.07) is 0. The Morgan fingerprint density at radius 2 is 1.80 bits per heavy atom. The van der Waals surface area contributed by atoms with Crippen LogP contribution in [0.2, 0.25) is 0 Å². The zero-order valence-corrected chi connectivity index (χ0v) is 7.72. The second-order valence-corrected chi connectivity index (χ2v) is 3.28. The fraction of sp³-hybridized carbons (Fsp3) is 1.00. The smallest absolute Gasteiger partial charge is 0.0720 e. The molecular weight excluding hydrogens is 126 g/mol. The molecule has 0 spiro atoms. The van der Waals surface area contributed by atoms with Gasteiger partial charge in [0.15, 0.2) is 0 Å². The Morgan fingerprint density at radius 3 is 1.90 bits per heavy atom. The van der Waals surface area contributed by atoms with Crippen LogP contribution in [-0.4, -0.2) is 38.8 Å². The van der Waals surface area contributed by atoms with Crippen LogP contribution in [0, 0.1) is 5.92 Å². The molecule has 0 aromatic carbocycles. The summed E-state index contributed by atoms with van der Waals surface area (Å²) in [6.07, 6.45) is 0.370. The molecule has 2 heteroatoms. The predicted octanol–water partition coefficient (Wildman–Crippen LogP) is 1.22. The highest BCUT2D eigenvalue weighted by Gasteiger charge is 2.11. The van der Waals surface area contributed by atoms with E-state index >= 15 is 0 Å². The van der Waals surface area contributed by atoms with Crippen LogP contribution in [0.5, 0.6) is 0 Å². The van der Waals surface area contributed by atoms with Crippen LogP contribution in [0.1, 0.15) is 13.8 Å². The van der Waals surface area contributed by atoms with E-state index < -0.39 is 0 Å². The minimum Gasteiger partial charge on any atom is -0.380 e. The molecule has 0 heterocycles. The molecule has 0 fully saturated rings. The van der Waals surface area contributed by atoms with E-state index in [1.165, 1.54) is 0 Å². The van der Waals surface area contributed by atoms with Gasteiger partial charge in [0.2, 0.25) is 0 Å². The van der Waals surface area contributed by atoms with Crippen LogP contribution in [0.3, 0.4) is 0 Å². The largest absolute Gasteiger partial charge is 0.380 e. The van der Waals surface area contributed by atoms with E-state index in [4.69, 9.17) is 4.74 Å². The van der Waals surface area contributed by atoms with Crippen LogP contribution < -0.4 is 0 Å². The van der Waals surface area contributed by atoms with Crippen molar-refractivity contribution in [3.05, 3.63) is 0 Å². The molecule has 0 saturated carbocycles. The SMILES string of the molecule is CO[C@H](CN(C)C)C(C)C. The number of hydrogen-bond donors (Lipinski definition) is 0. The van der Waals surface area contributed by atoms with Gasteiger partial charge in [-0.25, -0.2) is 0 Å². The fourth-order valence-corrected chi connectivity index (χ4v) is 0.917. The van der Waals surface area contributed by atoms with Crippen molar-refractivity contribution in [2.45, 2.75) is 20.0 Å². The Labute approximate surface area is 64.2 Å². The fourth-order valence-electron chi connectivity index (χ4n) is 0.917. The molecule has 10 heavy (non-hydrogen) atoms. The van der Waals surface area contributed by atoms with Crippen molar-refractivity contribution in [2.24, 2.45) is 5.92 Å². The van der Waals surface area contributed by atoms with Crippen LogP contribution in [0.4, 0.5) is 0 Å². The summed E-state index contributed by atoms with van der Waals surface area (Å²) in [5.41, 5.74) is 0. The quantitative estimate of drug-likeness (QED) is 0.589. The van der Waals surface area contributed by atoms with Gasteiger partial charge in [0.1, 0.15) is 0 Å². The Bertz CT molecular complexity index is 81.3. The molecule has 0 saturated heterocycles. The molecule has 0 radical (unpaired) electrons. The van der Waals surface area contributed by atoms with E-state index in [1.54, 1.807) is 7.11 Å². The van der Waals surface area contributed by atoms with Gasteiger partial charge in [-0.05, 0) is 20.0 Å². The number of ether oxygens (including phenoxy) is 1. The summed E-state index contributed by atoms with van der Waals surface area (Å²) in [5.74, 6) is 0.604. The highest BCUT2D eigenvalue weighted by molar-refractivity contribution is 4.63. The summed E-state index contributed by atoms with van der Waals surface area (Å²) in [5, 5.41) is 0. The molecular formula is C8H19NO. The maximum absolute atomic E-state index is 5.28. The molecule has 0 aliphatic carbocycles. The first kappa shape index (κ1) is 9.92. The van der Waals surface area contributed by atoms with Crippen molar-refractivity contribution < 1.29 is 4.74 Å². The van der Waals surface area contributed by atoms with E-state index in [2.05, 4.69) is 32.8 Å². The third-order valence-corrected chi connectivity index (χ3v) is 1.59. The first-order chi connectivity index (χ1) is 4.57. The van der Waals surface area contributed by atoms with Crippen molar-refractivity contribution >= 4 is 0 Å². The first-order valence-corrected chi connectivity index (χ1v) is 3.75. The second-order valence-electron chi connectivity index (χ2n) is 3.28. The number of rotatable bonds is 4. The van der Waals surface area contributed by atoms with Gasteiger partial charge in [-0.15, -0.1) is 0 Å². The summed E-state index contributed by atoms with van der Waals surface area (Å²) in [7, 11) is 5.90. The van der Waals surface area contributed by atoms with Gasteiger partial charge < -0.3 is 9.64 Å². The monoisotopic (exact) mass is 145 g/mol. The van der Waals surface area contributed by atoms with Gasteiger partial charge >= 0.3 is 0 Å². The van der Waals surface area contributed by atoms with Crippen LogP contribution in [0.25, 0.3) is 0 Å². The van der Waals surface area contributed by atoms with Gasteiger partial charge in [0.25, 0.3) is 0 Å². The van der Waals surface area contributed by atoms with Crippen molar-refractivity contribution in [2.75, 3.05) is 27.7 Å². The Hall–Kier alpha value is -0.0800. The highest BCUT2D eigenvalue weighted by Crippen LogP contribution is 2.05. The molecule has 0 aliphatic rings. The van der Waals surface area contributed by atoms with Crippen molar-refractivity contribution in [1.82, 2.24) is 4.90 Å². The third kappa shape index (κ3) is 3.85. The second kappa shape index (κ2) is 4.69. The lowest BCUT2D eigenvalue weighted by molar-refractivity contribution is 0.0442. The molecule has 0 aromatic rings. The van der Waals surface area contributed by atoms with Crippen LogP contribution in [-0.2, 0) is 4.74 Å². The summed E-state index contributed by atoms with van der Waals surface area (Å²) in [4.78, 5) is 2.15. The Balaban J connectivity index is 3.60. The molecule has 0 unspecified atom stereocenters. The minimum absolute atomic E-state index is 0.370. The first-order valence-electron chi connectivity index (χ1n) is 3.75. The maximum Gasteiger partial charge on any atom is 0.0720 e. The summed E-state index contributed by atoms with van der Waals surface area (Å²) >= 11 is 0. The zero-order chi connectivity index (χ0) is 8.15. The maximum atomic E-state index is 5.28. The van der Waals surface area contributed by atoms with Crippen LogP contribution in [0.15, 0.2) is 0 Å². The molecule has 0 aliphatic heterocycles. The molecule has 0 aromatic heterocycles. The topological polar surface area (TPSA) is 12.5 Å². The molecule has 1 atom stereocenters. The lowest BCUT2D eigenvalue weighted by Gasteiger charge is -2.22. The standard InChI is InChI=1S/C8H19NO/c1-7(2)8(10-5)6-9(3)4/h7-8H,6H2,1-5H3/t8-/m1/s1. The van der Waals surface area contributed by atoms with E-state index in [-0.39, 0.29) is 0 Å². The van der Waals surface area contributed by atoms with Crippen molar-refractivity contribution in [3.63, 3.8) is 0 Å². The highest BCUT2D eigenvalue weighted by atomic mass is 16.5. The van der Waals surface area contributed by atoms with Crippen molar-refractivity contribution in [1.29, 1.82) is 0 Å². The molecule has 62 valence electrons. The van der Waals surface area contributed by atoms with Gasteiger partial charge in [-0.3, -0.25) is 0 Å². The predicted molar refractivity (Wildman–Crippen MR) is 44.2 cm³/mol. The van der Waals surface area contributed by atoms with Crippen LogP contribution >= 0.6 is 0 Å². The minimum atomic E-state index is 0.370. The van der Waals surface area contributed by atoms with E-state index in [0.29, 0.717) is 12.0 Å². The number of hydrogen-bond acceptors (Lipinski definition) is 2. The lowest BCUT2D eigenvalue weighted by atomic mass is 10.1. The van der Waals surface area contributed by atoms with Gasteiger partial charge in [0.05, 0.1) is 6.10 Å². The number of likely N-dealkylation sites (N-methyl/N-ethyl adjacent to an activating group) is 1. The molecule has 0 N–H and O–H groups in total. The average Bonchev–Trinajstić information content (AvgIpc) is 1.81. The number of nitrogens with zero attached hydrogens (tertiary/aromatic N) is 1. The van der Waals surface area contributed by atoms with Gasteiger partial charge in [0, 0.05) is 13.7 Å². The molecule has 2 nitrogen and oxygen atoms in total. The molecule has 0 amide bonds. The zero-order valence-electron chi connectivity index (χ0n) is 7.72. The van der Waals surface area contributed by atoms with E-state index in [1.807, 2.05) is 0 Å². The summed E-state index contributed by atoms with van der Waals surface area (Å²) in [6.45, 7) is 5.36. The molecule has 0 bridgehead atoms. The Morgan fingerprint density at radius 1 is 1.30 bits per heavy atom. The molecule has 0 rings (SSSR count). The lowest BCUT2D eigenvalue weighted by Crippen LogP contribution is -2.31. The van der Waals surface area contributed by atoms with Gasteiger partial charge in [-0.1, -0.05) is 13.8 Å². The normalized spacial score (nSPS) is 14.7. The summed E-state index contributed by atoms with van der Waals surface area (Å²) < 4.78 is 5.28. The van der Waals surface area contributed by atoms with Crippen molar-refractivity contribution in [3.8, 4) is 0 Å². The van der Waals surface area contributed by atoms with E-state index in [9.17, 15) is 0 Å². The van der Waals surface area contributed by atoms with Gasteiger partial charge in [-0.2, -0.15) is 0 Å². The van der Waals surface area contributed by atoms with E-state index in [0.717, 1.165) is 6.54 Å². The third-order valence-electron chi connectivity index (χ3n) is 1.59. The average molecular weight is 145 g/mol. The number of methoxy groups -OCH3 is 1.